The Morgan fingerprint density at radius 3 is 2.65 bits per heavy atom. The quantitative estimate of drug-likeness (QED) is 0.492. The summed E-state index contributed by atoms with van der Waals surface area (Å²) in [6, 6.07) is 0. The summed E-state index contributed by atoms with van der Waals surface area (Å²) in [5.41, 5.74) is -2.47. The number of carbonyl (C=O) groups excluding carboxylic acids is 1. The van der Waals surface area contributed by atoms with Crippen molar-refractivity contribution in [3.63, 3.8) is 0 Å². The third kappa shape index (κ3) is 3.94. The highest BCUT2D eigenvalue weighted by molar-refractivity contribution is 5.83. The smallest absolute Gasteiger partial charge is 0.342 e. The van der Waals surface area contributed by atoms with Gasteiger partial charge in [-0.3, -0.25) is 9.78 Å². The van der Waals surface area contributed by atoms with E-state index in [9.17, 15) is 14.4 Å². The Balaban J connectivity index is 2.85. The Morgan fingerprint density at radius 2 is 2.10 bits per heavy atom. The number of nitrogens with one attached hydrogen (secondary N) is 3. The van der Waals surface area contributed by atoms with Crippen molar-refractivity contribution >= 4 is 11.8 Å². The zero-order valence-corrected chi connectivity index (χ0v) is 11.9. The monoisotopic (exact) mass is 284 g/mol. The summed E-state index contributed by atoms with van der Waals surface area (Å²) in [7, 11) is 0. The van der Waals surface area contributed by atoms with Crippen molar-refractivity contribution in [3.05, 3.63) is 20.8 Å². The first-order chi connectivity index (χ1) is 9.42. The number of H-pyrrole nitrogens is 2. The zero-order chi connectivity index (χ0) is 15.2. The van der Waals surface area contributed by atoms with Crippen LogP contribution < -0.4 is 16.6 Å². The van der Waals surface area contributed by atoms with Crippen LogP contribution in [-0.4, -0.2) is 33.3 Å². The molecule has 20 heavy (non-hydrogen) atoms. The zero-order valence-electron chi connectivity index (χ0n) is 11.9. The Kier molecular flexibility index (Phi) is 5.48. The Bertz CT molecular complexity index is 565. The van der Waals surface area contributed by atoms with Crippen molar-refractivity contribution in [2.45, 2.75) is 45.6 Å². The van der Waals surface area contributed by atoms with Gasteiger partial charge in [0.05, 0.1) is 6.61 Å². The summed E-state index contributed by atoms with van der Waals surface area (Å²) in [4.78, 5) is 36.5. The van der Waals surface area contributed by atoms with E-state index in [4.69, 9.17) is 4.74 Å². The largest absolute Gasteiger partial charge is 0.464 e. The van der Waals surface area contributed by atoms with Gasteiger partial charge in [0.25, 0.3) is 5.56 Å². The van der Waals surface area contributed by atoms with Crippen molar-refractivity contribution in [2.24, 2.45) is 0 Å². The molecule has 1 rings (SSSR count). The molecule has 0 radical (unpaired) electrons. The van der Waals surface area contributed by atoms with Crippen LogP contribution in [0.4, 0.5) is 5.82 Å². The summed E-state index contributed by atoms with van der Waals surface area (Å²) >= 11 is 0. The van der Waals surface area contributed by atoms with Gasteiger partial charge in [0.2, 0.25) is 5.82 Å². The molecule has 8 nitrogen and oxygen atoms in total. The lowest BCUT2D eigenvalue weighted by atomic mass is 9.99. The molecular formula is C12H20N4O4. The minimum Gasteiger partial charge on any atom is -0.464 e. The molecule has 1 aromatic rings. The molecule has 0 spiro atoms. The lowest BCUT2D eigenvalue weighted by molar-refractivity contribution is -0.148. The predicted molar refractivity (Wildman–Crippen MR) is 73.7 cm³/mol. The molecule has 0 amide bonds. The summed E-state index contributed by atoms with van der Waals surface area (Å²) in [5.74, 6) is -0.581. The fraction of sp³-hybridized carbons (Fsp3) is 0.667. The molecule has 1 aromatic heterocycles. The molecule has 0 aromatic carbocycles. The lowest BCUT2D eigenvalue weighted by Crippen LogP contribution is -2.46. The van der Waals surface area contributed by atoms with Crippen LogP contribution >= 0.6 is 0 Å². The van der Waals surface area contributed by atoms with Crippen LogP contribution in [0.1, 0.15) is 40.0 Å². The second-order valence-corrected chi connectivity index (χ2v) is 4.66. The van der Waals surface area contributed by atoms with Crippen LogP contribution in [0.2, 0.25) is 0 Å². The van der Waals surface area contributed by atoms with Crippen LogP contribution in [0.3, 0.4) is 0 Å². The van der Waals surface area contributed by atoms with Crippen LogP contribution in [0.15, 0.2) is 9.59 Å². The number of ether oxygens (including phenoxy) is 1. The van der Waals surface area contributed by atoms with E-state index in [1.807, 2.05) is 11.9 Å². The fourth-order valence-corrected chi connectivity index (χ4v) is 1.45. The summed E-state index contributed by atoms with van der Waals surface area (Å²) in [6.45, 7) is 5.73. The van der Waals surface area contributed by atoms with E-state index >= 15 is 0 Å². The Morgan fingerprint density at radius 1 is 1.40 bits per heavy atom. The molecular weight excluding hydrogens is 264 g/mol. The second-order valence-electron chi connectivity index (χ2n) is 4.66. The van der Waals surface area contributed by atoms with Crippen molar-refractivity contribution in [2.75, 3.05) is 11.9 Å². The lowest BCUT2D eigenvalue weighted by Gasteiger charge is -2.27. The van der Waals surface area contributed by atoms with Crippen LogP contribution in [-0.2, 0) is 9.53 Å². The maximum absolute atomic E-state index is 12.1. The molecule has 0 saturated carbocycles. The van der Waals surface area contributed by atoms with Gasteiger partial charge in [0.15, 0.2) is 0 Å². The highest BCUT2D eigenvalue weighted by Crippen LogP contribution is 2.16. The number of hydrogen-bond acceptors (Lipinski definition) is 6. The summed E-state index contributed by atoms with van der Waals surface area (Å²) in [6.07, 6.45) is 2.10. The minimum absolute atomic E-state index is 0.124. The third-order valence-electron chi connectivity index (χ3n) is 2.99. The maximum Gasteiger partial charge on any atom is 0.342 e. The van der Waals surface area contributed by atoms with Gasteiger partial charge in [-0.2, -0.15) is 0 Å². The predicted octanol–water partition coefficient (Wildman–Crippen LogP) is 0.382. The van der Waals surface area contributed by atoms with Gasteiger partial charge >= 0.3 is 11.7 Å². The number of rotatable bonds is 7. The number of aromatic amines is 2. The first kappa shape index (κ1) is 15.9. The van der Waals surface area contributed by atoms with Gasteiger partial charge in [-0.1, -0.05) is 20.3 Å². The van der Waals surface area contributed by atoms with Gasteiger partial charge in [-0.25, -0.2) is 14.7 Å². The van der Waals surface area contributed by atoms with Gasteiger partial charge < -0.3 is 10.1 Å². The topological polar surface area (TPSA) is 117 Å². The number of hydrogen-bond donors (Lipinski definition) is 3. The van der Waals surface area contributed by atoms with E-state index in [1.54, 1.807) is 13.8 Å². The maximum atomic E-state index is 12.1. The first-order valence-electron chi connectivity index (χ1n) is 6.57. The van der Waals surface area contributed by atoms with E-state index < -0.39 is 22.8 Å². The fourth-order valence-electron chi connectivity index (χ4n) is 1.45. The van der Waals surface area contributed by atoms with Crippen molar-refractivity contribution in [1.29, 1.82) is 0 Å². The molecule has 3 N–H and O–H groups in total. The molecule has 0 saturated heterocycles. The van der Waals surface area contributed by atoms with Gasteiger partial charge in [-0.05, 0) is 19.8 Å². The molecule has 0 aliphatic carbocycles. The standard InChI is InChI=1S/C12H20N4O4/c1-4-6-7-20-10(18)12(3,5-2)14-8-9(17)13-11(19)16-15-8/h4-7H2,1-3H3,(H,14,15)(H2,13,16,17,19)/t12-/m1/s1. The Hall–Kier alpha value is -2.12. The normalized spacial score (nSPS) is 13.6. The van der Waals surface area contributed by atoms with E-state index in [1.165, 1.54) is 0 Å². The third-order valence-corrected chi connectivity index (χ3v) is 2.99. The molecule has 0 unspecified atom stereocenters. The van der Waals surface area contributed by atoms with E-state index in [-0.39, 0.29) is 5.82 Å². The van der Waals surface area contributed by atoms with E-state index in [0.717, 1.165) is 12.8 Å². The van der Waals surface area contributed by atoms with E-state index in [0.29, 0.717) is 13.0 Å². The number of esters is 1. The second kappa shape index (κ2) is 6.88. The molecule has 0 aliphatic rings. The average Bonchev–Trinajstić information content (AvgIpc) is 2.42. The minimum atomic E-state index is -1.08. The number of aromatic nitrogens is 3. The summed E-state index contributed by atoms with van der Waals surface area (Å²) < 4.78 is 5.16. The number of nitrogens with zero attached hydrogens (tertiary/aromatic N) is 1. The van der Waals surface area contributed by atoms with Crippen molar-refractivity contribution in [1.82, 2.24) is 15.2 Å². The number of carbonyl (C=O) groups is 1. The molecule has 112 valence electrons. The summed E-state index contributed by atoms with van der Waals surface area (Å²) in [5, 5.41) is 8.42. The molecule has 8 heteroatoms. The molecule has 0 bridgehead atoms. The average molecular weight is 284 g/mol. The first-order valence-corrected chi connectivity index (χ1v) is 6.57. The van der Waals surface area contributed by atoms with Gasteiger partial charge in [0, 0.05) is 0 Å². The van der Waals surface area contributed by atoms with Crippen molar-refractivity contribution in [3.8, 4) is 0 Å². The van der Waals surface area contributed by atoms with Crippen LogP contribution in [0.5, 0.6) is 0 Å². The SMILES string of the molecule is CCCCOC(=O)[C@@](C)(CC)Nc1n[nH]c(=O)[nH]c1=O. The van der Waals surface area contributed by atoms with Crippen LogP contribution in [0.25, 0.3) is 0 Å². The van der Waals surface area contributed by atoms with Gasteiger partial charge in [-0.15, -0.1) is 5.10 Å². The number of unbranched alkanes of at least 4 members (excludes halogenated alkanes) is 1. The highest BCUT2D eigenvalue weighted by Gasteiger charge is 2.34. The van der Waals surface area contributed by atoms with E-state index in [2.05, 4.69) is 15.5 Å². The molecule has 0 fully saturated rings. The molecule has 1 atom stereocenters. The highest BCUT2D eigenvalue weighted by atomic mass is 16.5. The molecule has 0 aliphatic heterocycles. The van der Waals surface area contributed by atoms with Crippen LogP contribution in [0, 0.1) is 0 Å². The molecule has 1 heterocycles. The van der Waals surface area contributed by atoms with Gasteiger partial charge in [0.1, 0.15) is 5.54 Å². The van der Waals surface area contributed by atoms with Crippen molar-refractivity contribution < 1.29 is 9.53 Å². The Labute approximate surface area is 115 Å². The number of anilines is 1.